The average molecular weight is 355 g/mol. The van der Waals surface area contributed by atoms with Crippen LogP contribution in [0.25, 0.3) is 0 Å². The predicted molar refractivity (Wildman–Crippen MR) is 92.9 cm³/mol. The number of rotatable bonds is 2. The first-order valence-electron chi connectivity index (χ1n) is 8.46. The number of nitrogens with zero attached hydrogens (tertiary/aromatic N) is 1. The fourth-order valence-electron chi connectivity index (χ4n) is 3.74. The Hall–Kier alpha value is -1.49. The van der Waals surface area contributed by atoms with Crippen molar-refractivity contribution in [3.63, 3.8) is 0 Å². The van der Waals surface area contributed by atoms with Gasteiger partial charge in [-0.3, -0.25) is 0 Å². The van der Waals surface area contributed by atoms with Crippen LogP contribution in [0, 0.1) is 5.82 Å². The number of fused-ring (bicyclic) bond motifs is 2. The fourth-order valence-corrected chi connectivity index (χ4v) is 3.92. The van der Waals surface area contributed by atoms with E-state index in [4.69, 9.17) is 16.3 Å². The third-order valence-electron chi connectivity index (χ3n) is 4.65. The lowest BCUT2D eigenvalue weighted by atomic mass is 9.97. The molecule has 2 bridgehead atoms. The predicted octanol–water partition coefficient (Wildman–Crippen LogP) is 4.82. The Bertz CT molecular complexity index is 618. The summed E-state index contributed by atoms with van der Waals surface area (Å²) in [6.45, 7) is 5.63. The molecular formula is C18H24ClFN2O2. The molecule has 0 aromatic heterocycles. The number of nitrogens with one attached hydrogen (secondary N) is 1. The van der Waals surface area contributed by atoms with Crippen LogP contribution < -0.4 is 5.32 Å². The Labute approximate surface area is 147 Å². The molecule has 2 aliphatic heterocycles. The highest BCUT2D eigenvalue weighted by atomic mass is 35.5. The van der Waals surface area contributed by atoms with E-state index in [0.717, 1.165) is 25.7 Å². The average Bonchev–Trinajstić information content (AvgIpc) is 2.74. The summed E-state index contributed by atoms with van der Waals surface area (Å²) in [6.07, 6.45) is 3.30. The van der Waals surface area contributed by atoms with Crippen molar-refractivity contribution < 1.29 is 13.9 Å². The summed E-state index contributed by atoms with van der Waals surface area (Å²) < 4.78 is 19.6. The lowest BCUT2D eigenvalue weighted by Gasteiger charge is -2.40. The standard InChI is InChI=1S/C18H24ClFN2O2/c1-18(2,3)24-17(23)22-12-7-8-13(22)10-11(9-12)21-15-6-4-5-14(19)16(15)20/h4-6,11-13,21H,7-10H2,1-3H3. The summed E-state index contributed by atoms with van der Waals surface area (Å²) in [6, 6.07) is 5.41. The second-order valence-electron chi connectivity index (χ2n) is 7.69. The van der Waals surface area contributed by atoms with E-state index in [-0.39, 0.29) is 29.2 Å². The summed E-state index contributed by atoms with van der Waals surface area (Å²) in [5.74, 6) is -0.416. The van der Waals surface area contributed by atoms with Crippen molar-refractivity contribution in [3.8, 4) is 0 Å². The molecule has 1 aromatic carbocycles. The molecule has 2 aliphatic rings. The van der Waals surface area contributed by atoms with E-state index >= 15 is 0 Å². The quantitative estimate of drug-likeness (QED) is 0.827. The first-order chi connectivity index (χ1) is 11.2. The first-order valence-corrected chi connectivity index (χ1v) is 8.84. The van der Waals surface area contributed by atoms with Gasteiger partial charge in [-0.25, -0.2) is 9.18 Å². The van der Waals surface area contributed by atoms with Crippen LogP contribution in [0.15, 0.2) is 18.2 Å². The van der Waals surface area contributed by atoms with Gasteiger partial charge >= 0.3 is 6.09 Å². The van der Waals surface area contributed by atoms with Crippen molar-refractivity contribution in [1.29, 1.82) is 0 Å². The van der Waals surface area contributed by atoms with Gasteiger partial charge in [0.2, 0.25) is 0 Å². The number of hydrogen-bond acceptors (Lipinski definition) is 3. The monoisotopic (exact) mass is 354 g/mol. The van der Waals surface area contributed by atoms with Crippen LogP contribution in [-0.2, 0) is 4.74 Å². The Morgan fingerprint density at radius 1 is 1.29 bits per heavy atom. The lowest BCUT2D eigenvalue weighted by molar-refractivity contribution is 0.00682. The minimum absolute atomic E-state index is 0.120. The molecule has 0 aliphatic carbocycles. The van der Waals surface area contributed by atoms with Gasteiger partial charge in [0.05, 0.1) is 10.7 Å². The summed E-state index contributed by atoms with van der Waals surface area (Å²) in [7, 11) is 0. The summed E-state index contributed by atoms with van der Waals surface area (Å²) in [5, 5.41) is 3.38. The number of amides is 1. The highest BCUT2D eigenvalue weighted by Gasteiger charge is 2.44. The van der Waals surface area contributed by atoms with Gasteiger partial charge in [-0.15, -0.1) is 0 Å². The molecule has 2 atom stereocenters. The second-order valence-corrected chi connectivity index (χ2v) is 8.09. The van der Waals surface area contributed by atoms with Crippen LogP contribution in [0.2, 0.25) is 5.02 Å². The van der Waals surface area contributed by atoms with E-state index in [1.807, 2.05) is 25.7 Å². The molecule has 4 nitrogen and oxygen atoms in total. The molecule has 3 rings (SSSR count). The topological polar surface area (TPSA) is 41.6 Å². The van der Waals surface area contributed by atoms with Gasteiger partial charge < -0.3 is 15.0 Å². The van der Waals surface area contributed by atoms with E-state index < -0.39 is 11.4 Å². The number of piperidine rings is 1. The smallest absolute Gasteiger partial charge is 0.410 e. The molecule has 1 aromatic rings. The van der Waals surface area contributed by atoms with E-state index in [0.29, 0.717) is 5.69 Å². The number of carbonyl (C=O) groups excluding carboxylic acids is 1. The highest BCUT2D eigenvalue weighted by Crippen LogP contribution is 2.38. The van der Waals surface area contributed by atoms with E-state index in [9.17, 15) is 9.18 Å². The van der Waals surface area contributed by atoms with Crippen LogP contribution >= 0.6 is 11.6 Å². The minimum atomic E-state index is -0.491. The van der Waals surface area contributed by atoms with Crippen molar-refractivity contribution in [2.24, 2.45) is 0 Å². The molecule has 2 unspecified atom stereocenters. The lowest BCUT2D eigenvalue weighted by Crippen LogP contribution is -2.51. The van der Waals surface area contributed by atoms with E-state index in [1.54, 1.807) is 12.1 Å². The SMILES string of the molecule is CC(C)(C)OC(=O)N1C2CCC1CC(Nc1cccc(Cl)c1F)C2. The van der Waals surface area contributed by atoms with Gasteiger partial charge in [-0.1, -0.05) is 17.7 Å². The highest BCUT2D eigenvalue weighted by molar-refractivity contribution is 6.31. The summed E-state index contributed by atoms with van der Waals surface area (Å²) in [5.41, 5.74) is -0.0622. The zero-order chi connectivity index (χ0) is 17.5. The fraction of sp³-hybridized carbons (Fsp3) is 0.611. The molecule has 2 fully saturated rings. The van der Waals surface area contributed by atoms with Crippen LogP contribution in [-0.4, -0.2) is 34.7 Å². The normalized spacial score (nSPS) is 26.4. The van der Waals surface area contributed by atoms with Gasteiger partial charge in [0.15, 0.2) is 5.82 Å². The Balaban J connectivity index is 1.67. The number of hydrogen-bond donors (Lipinski definition) is 1. The molecule has 132 valence electrons. The molecule has 2 saturated heterocycles. The minimum Gasteiger partial charge on any atom is -0.444 e. The Morgan fingerprint density at radius 2 is 1.92 bits per heavy atom. The second kappa shape index (κ2) is 6.43. The first kappa shape index (κ1) is 17.3. The zero-order valence-electron chi connectivity index (χ0n) is 14.3. The van der Waals surface area contributed by atoms with Crippen LogP contribution in [0.1, 0.15) is 46.5 Å². The van der Waals surface area contributed by atoms with Crippen LogP contribution in [0.3, 0.4) is 0 Å². The zero-order valence-corrected chi connectivity index (χ0v) is 15.1. The van der Waals surface area contributed by atoms with Crippen LogP contribution in [0.4, 0.5) is 14.9 Å². The van der Waals surface area contributed by atoms with Gasteiger partial charge in [0, 0.05) is 18.1 Å². The van der Waals surface area contributed by atoms with E-state index in [2.05, 4.69) is 5.32 Å². The van der Waals surface area contributed by atoms with Crippen LogP contribution in [0.5, 0.6) is 0 Å². The van der Waals surface area contributed by atoms with Gasteiger partial charge in [-0.2, -0.15) is 0 Å². The van der Waals surface area contributed by atoms with Crippen molar-refractivity contribution in [1.82, 2.24) is 4.90 Å². The maximum Gasteiger partial charge on any atom is 0.410 e. The summed E-state index contributed by atoms with van der Waals surface area (Å²) in [4.78, 5) is 14.3. The molecular weight excluding hydrogens is 331 g/mol. The number of halogens is 2. The van der Waals surface area contributed by atoms with Crippen molar-refractivity contribution in [2.75, 3.05) is 5.32 Å². The third kappa shape index (κ3) is 3.61. The number of carbonyl (C=O) groups is 1. The molecule has 6 heteroatoms. The molecule has 1 amide bonds. The number of anilines is 1. The molecule has 0 spiro atoms. The molecule has 0 saturated carbocycles. The Morgan fingerprint density at radius 3 is 2.50 bits per heavy atom. The molecule has 2 heterocycles. The van der Waals surface area contributed by atoms with Crippen molar-refractivity contribution in [2.45, 2.75) is 70.2 Å². The van der Waals surface area contributed by atoms with Gasteiger partial charge in [0.25, 0.3) is 0 Å². The van der Waals surface area contributed by atoms with E-state index in [1.165, 1.54) is 6.07 Å². The summed E-state index contributed by atoms with van der Waals surface area (Å²) >= 11 is 5.84. The molecule has 1 N–H and O–H groups in total. The maximum absolute atomic E-state index is 14.1. The number of benzene rings is 1. The van der Waals surface area contributed by atoms with Gasteiger partial charge in [-0.05, 0) is 58.6 Å². The largest absolute Gasteiger partial charge is 0.444 e. The van der Waals surface area contributed by atoms with Gasteiger partial charge in [0.1, 0.15) is 5.60 Å². The maximum atomic E-state index is 14.1. The van der Waals surface area contributed by atoms with Crippen molar-refractivity contribution >= 4 is 23.4 Å². The van der Waals surface area contributed by atoms with Crippen molar-refractivity contribution in [3.05, 3.63) is 29.0 Å². The third-order valence-corrected chi connectivity index (χ3v) is 4.94. The molecule has 0 radical (unpaired) electrons. The number of ether oxygens (including phenoxy) is 1. The molecule has 24 heavy (non-hydrogen) atoms. The Kier molecular flexibility index (Phi) is 4.65.